The Morgan fingerprint density at radius 2 is 2.11 bits per heavy atom. The minimum Gasteiger partial charge on any atom is -0.341 e. The van der Waals surface area contributed by atoms with Crippen LogP contribution in [0.5, 0.6) is 0 Å². The van der Waals surface area contributed by atoms with Crippen LogP contribution in [0.3, 0.4) is 0 Å². The van der Waals surface area contributed by atoms with Crippen molar-refractivity contribution in [2.45, 2.75) is 46.3 Å². The molecule has 19 heavy (non-hydrogen) atoms. The van der Waals surface area contributed by atoms with Crippen molar-refractivity contribution in [3.8, 4) is 0 Å². The molecule has 2 amide bonds. The highest BCUT2D eigenvalue weighted by Gasteiger charge is 2.39. The third-order valence-electron chi connectivity index (χ3n) is 3.25. The second kappa shape index (κ2) is 4.68. The van der Waals surface area contributed by atoms with Gasteiger partial charge in [-0.05, 0) is 33.8 Å². The van der Waals surface area contributed by atoms with E-state index in [9.17, 15) is 9.59 Å². The fourth-order valence-corrected chi connectivity index (χ4v) is 2.41. The molecule has 0 unspecified atom stereocenters. The standard InChI is InChI=1S/C13H20N4O2/c1-5-17-10(6-9(2)15-17)7-16-8-11(18)14-13(3,4)12(16)19/h6H,5,7-8H2,1-4H3,(H,14,18). The lowest BCUT2D eigenvalue weighted by atomic mass is 10.0. The van der Waals surface area contributed by atoms with Gasteiger partial charge in [0.15, 0.2) is 0 Å². The Kier molecular flexibility index (Phi) is 3.34. The maximum absolute atomic E-state index is 12.3. The van der Waals surface area contributed by atoms with Gasteiger partial charge in [0, 0.05) is 6.54 Å². The number of hydrogen-bond acceptors (Lipinski definition) is 3. The summed E-state index contributed by atoms with van der Waals surface area (Å²) in [5.74, 6) is -0.183. The van der Waals surface area contributed by atoms with Crippen molar-refractivity contribution in [3.05, 3.63) is 17.5 Å². The van der Waals surface area contributed by atoms with Gasteiger partial charge in [0.2, 0.25) is 11.8 Å². The molecule has 1 fully saturated rings. The van der Waals surface area contributed by atoms with Crippen LogP contribution >= 0.6 is 0 Å². The largest absolute Gasteiger partial charge is 0.341 e. The first-order chi connectivity index (χ1) is 8.83. The molecule has 0 atom stereocenters. The molecule has 104 valence electrons. The van der Waals surface area contributed by atoms with Crippen LogP contribution in [0.4, 0.5) is 0 Å². The molecule has 1 saturated heterocycles. The number of amides is 2. The van der Waals surface area contributed by atoms with Crippen molar-refractivity contribution in [2.75, 3.05) is 6.54 Å². The molecule has 0 saturated carbocycles. The number of nitrogens with zero attached hydrogens (tertiary/aromatic N) is 3. The summed E-state index contributed by atoms with van der Waals surface area (Å²) in [7, 11) is 0. The molecule has 1 aliphatic heterocycles. The summed E-state index contributed by atoms with van der Waals surface area (Å²) in [5.41, 5.74) is 1.05. The second-order valence-electron chi connectivity index (χ2n) is 5.43. The van der Waals surface area contributed by atoms with Gasteiger partial charge in [-0.2, -0.15) is 5.10 Å². The topological polar surface area (TPSA) is 67.2 Å². The van der Waals surface area contributed by atoms with Gasteiger partial charge in [0.25, 0.3) is 0 Å². The Bertz CT molecular complexity index is 519. The van der Waals surface area contributed by atoms with Crippen LogP contribution in [-0.4, -0.2) is 38.6 Å². The van der Waals surface area contributed by atoms with E-state index in [-0.39, 0.29) is 18.4 Å². The maximum atomic E-state index is 12.3. The minimum absolute atomic E-state index is 0.0615. The Labute approximate surface area is 112 Å². The highest BCUT2D eigenvalue weighted by Crippen LogP contribution is 2.16. The maximum Gasteiger partial charge on any atom is 0.248 e. The number of carbonyl (C=O) groups is 2. The van der Waals surface area contributed by atoms with Gasteiger partial charge in [-0.15, -0.1) is 0 Å². The molecule has 0 aromatic carbocycles. The number of aryl methyl sites for hydroxylation is 2. The number of carbonyl (C=O) groups excluding carboxylic acids is 2. The Morgan fingerprint density at radius 3 is 2.74 bits per heavy atom. The van der Waals surface area contributed by atoms with Crippen LogP contribution in [0.15, 0.2) is 6.07 Å². The first-order valence-electron chi connectivity index (χ1n) is 6.47. The zero-order chi connectivity index (χ0) is 14.2. The molecule has 1 aromatic rings. The first kappa shape index (κ1) is 13.6. The van der Waals surface area contributed by atoms with E-state index in [4.69, 9.17) is 0 Å². The lowest BCUT2D eigenvalue weighted by molar-refractivity contribution is -0.149. The average molecular weight is 264 g/mol. The average Bonchev–Trinajstić information content (AvgIpc) is 2.65. The fourth-order valence-electron chi connectivity index (χ4n) is 2.41. The third-order valence-corrected chi connectivity index (χ3v) is 3.25. The van der Waals surface area contributed by atoms with E-state index in [1.54, 1.807) is 18.7 Å². The van der Waals surface area contributed by atoms with E-state index in [0.29, 0.717) is 6.54 Å². The van der Waals surface area contributed by atoms with Crippen molar-refractivity contribution in [1.29, 1.82) is 0 Å². The summed E-state index contributed by atoms with van der Waals surface area (Å²) in [6.07, 6.45) is 0. The molecule has 6 nitrogen and oxygen atoms in total. The molecular weight excluding hydrogens is 244 g/mol. The predicted molar refractivity (Wildman–Crippen MR) is 70.3 cm³/mol. The molecule has 0 aliphatic carbocycles. The van der Waals surface area contributed by atoms with Crippen LogP contribution in [0, 0.1) is 6.92 Å². The van der Waals surface area contributed by atoms with Crippen LogP contribution in [-0.2, 0) is 22.7 Å². The Hall–Kier alpha value is -1.85. The molecule has 2 heterocycles. The molecule has 1 N–H and O–H groups in total. The van der Waals surface area contributed by atoms with Gasteiger partial charge in [-0.3, -0.25) is 14.3 Å². The molecular formula is C13H20N4O2. The van der Waals surface area contributed by atoms with Crippen molar-refractivity contribution >= 4 is 11.8 Å². The Morgan fingerprint density at radius 1 is 1.42 bits per heavy atom. The molecule has 6 heteroatoms. The van der Waals surface area contributed by atoms with Crippen LogP contribution < -0.4 is 5.32 Å². The number of hydrogen-bond donors (Lipinski definition) is 1. The van der Waals surface area contributed by atoms with Gasteiger partial charge in [-0.25, -0.2) is 0 Å². The van der Waals surface area contributed by atoms with Crippen molar-refractivity contribution in [3.63, 3.8) is 0 Å². The smallest absolute Gasteiger partial charge is 0.248 e. The molecule has 0 bridgehead atoms. The predicted octanol–water partition coefficient (Wildman–Crippen LogP) is 0.448. The lowest BCUT2D eigenvalue weighted by Gasteiger charge is -2.37. The van der Waals surface area contributed by atoms with Crippen molar-refractivity contribution < 1.29 is 9.59 Å². The zero-order valence-electron chi connectivity index (χ0n) is 11.9. The number of nitrogens with one attached hydrogen (secondary N) is 1. The number of aromatic nitrogens is 2. The normalized spacial score (nSPS) is 18.6. The fraction of sp³-hybridized carbons (Fsp3) is 0.615. The summed E-state index contributed by atoms with van der Waals surface area (Å²) in [6.45, 7) is 8.65. The highest BCUT2D eigenvalue weighted by molar-refractivity contribution is 5.97. The van der Waals surface area contributed by atoms with Gasteiger partial charge in [0.05, 0.1) is 17.9 Å². The van der Waals surface area contributed by atoms with Crippen molar-refractivity contribution in [1.82, 2.24) is 20.0 Å². The van der Waals surface area contributed by atoms with Gasteiger partial charge >= 0.3 is 0 Å². The summed E-state index contributed by atoms with van der Waals surface area (Å²) in [5, 5.41) is 7.06. The number of rotatable bonds is 3. The van der Waals surface area contributed by atoms with Crippen LogP contribution in [0.2, 0.25) is 0 Å². The van der Waals surface area contributed by atoms with Gasteiger partial charge in [-0.1, -0.05) is 0 Å². The SMILES string of the molecule is CCn1nc(C)cc1CN1CC(=O)NC(C)(C)C1=O. The van der Waals surface area contributed by atoms with E-state index < -0.39 is 5.54 Å². The Balaban J connectivity index is 2.22. The third kappa shape index (κ3) is 2.62. The van der Waals surface area contributed by atoms with E-state index in [2.05, 4.69) is 10.4 Å². The summed E-state index contributed by atoms with van der Waals surface area (Å²) in [4.78, 5) is 25.5. The van der Waals surface area contributed by atoms with E-state index in [1.807, 2.05) is 24.6 Å². The quantitative estimate of drug-likeness (QED) is 0.862. The van der Waals surface area contributed by atoms with Gasteiger partial charge < -0.3 is 10.2 Å². The molecule has 0 radical (unpaired) electrons. The number of piperazine rings is 1. The zero-order valence-corrected chi connectivity index (χ0v) is 11.9. The van der Waals surface area contributed by atoms with Gasteiger partial charge in [0.1, 0.15) is 12.1 Å². The summed E-state index contributed by atoms with van der Waals surface area (Å²) < 4.78 is 1.86. The van der Waals surface area contributed by atoms with Crippen molar-refractivity contribution in [2.24, 2.45) is 0 Å². The van der Waals surface area contributed by atoms with Crippen LogP contribution in [0.25, 0.3) is 0 Å². The monoisotopic (exact) mass is 264 g/mol. The van der Waals surface area contributed by atoms with Crippen LogP contribution in [0.1, 0.15) is 32.2 Å². The van der Waals surface area contributed by atoms with E-state index in [0.717, 1.165) is 17.9 Å². The van der Waals surface area contributed by atoms with E-state index in [1.165, 1.54) is 0 Å². The summed E-state index contributed by atoms with van der Waals surface area (Å²) >= 11 is 0. The minimum atomic E-state index is -0.832. The first-order valence-corrected chi connectivity index (χ1v) is 6.47. The van der Waals surface area contributed by atoms with E-state index >= 15 is 0 Å². The molecule has 1 aromatic heterocycles. The highest BCUT2D eigenvalue weighted by atomic mass is 16.2. The summed E-state index contributed by atoms with van der Waals surface area (Å²) in [6, 6.07) is 1.95. The lowest BCUT2D eigenvalue weighted by Crippen LogP contribution is -2.63. The molecule has 0 spiro atoms. The molecule has 2 rings (SSSR count). The second-order valence-corrected chi connectivity index (χ2v) is 5.43. The molecule has 1 aliphatic rings.